The normalized spacial score (nSPS) is 13.0. The van der Waals surface area contributed by atoms with Crippen molar-refractivity contribution in [2.24, 2.45) is 4.99 Å². The maximum Gasteiger partial charge on any atom is 0.271 e. The van der Waals surface area contributed by atoms with Gasteiger partial charge in [0.15, 0.2) is 5.96 Å². The van der Waals surface area contributed by atoms with E-state index in [9.17, 15) is 4.79 Å². The molecule has 0 aliphatic carbocycles. The summed E-state index contributed by atoms with van der Waals surface area (Å²) in [5.41, 5.74) is 2.85. The number of para-hydroxylation sites is 1. The summed E-state index contributed by atoms with van der Waals surface area (Å²) >= 11 is 0. The predicted octanol–water partition coefficient (Wildman–Crippen LogP) is 1.85. The third-order valence-electron chi connectivity index (χ3n) is 3.93. The summed E-state index contributed by atoms with van der Waals surface area (Å²) in [5, 5.41) is 6.14. The number of benzene rings is 1. The number of nitrogens with one attached hydrogen (secondary N) is 2. The Balaban J connectivity index is 0.00000243. The highest BCUT2D eigenvalue weighted by Crippen LogP contribution is 2.27. The first-order chi connectivity index (χ1) is 12.3. The minimum atomic E-state index is -0.236. The molecular weight excluding hydrogens is 443 g/mol. The average molecular weight is 466 g/mol. The van der Waals surface area contributed by atoms with Crippen LogP contribution in [0.2, 0.25) is 0 Å². The lowest BCUT2D eigenvalue weighted by molar-refractivity contribution is 0.0949. The third kappa shape index (κ3) is 4.90. The molecule has 26 heavy (non-hydrogen) atoms. The molecule has 0 unspecified atom stereocenters. The first-order valence-corrected chi connectivity index (χ1v) is 8.47. The Kier molecular flexibility index (Phi) is 7.76. The standard InChI is InChI=1S/C18H22N6O.HI/c1-2-20-18(24-12-7-14-5-3-4-6-16(14)24)23-11-10-22-17(25)15-13-19-8-9-21-15;/h3-6,8-9,13H,2,7,10-12H2,1H3,(H,20,23)(H,22,25);1H. The fourth-order valence-corrected chi connectivity index (χ4v) is 2.79. The Labute approximate surface area is 170 Å². The van der Waals surface area contributed by atoms with Crippen molar-refractivity contribution in [3.05, 3.63) is 54.1 Å². The molecule has 1 aromatic heterocycles. The number of hydrogen-bond donors (Lipinski definition) is 2. The second-order valence-electron chi connectivity index (χ2n) is 5.61. The molecule has 7 nitrogen and oxygen atoms in total. The van der Waals surface area contributed by atoms with Crippen molar-refractivity contribution in [3.63, 3.8) is 0 Å². The van der Waals surface area contributed by atoms with E-state index in [-0.39, 0.29) is 29.9 Å². The summed E-state index contributed by atoms with van der Waals surface area (Å²) in [6, 6.07) is 8.38. The van der Waals surface area contributed by atoms with Crippen LogP contribution < -0.4 is 15.5 Å². The highest BCUT2D eigenvalue weighted by Gasteiger charge is 2.22. The van der Waals surface area contributed by atoms with Crippen molar-refractivity contribution in [1.29, 1.82) is 0 Å². The van der Waals surface area contributed by atoms with Gasteiger partial charge in [0, 0.05) is 37.7 Å². The van der Waals surface area contributed by atoms with Crippen molar-refractivity contribution in [2.75, 3.05) is 31.1 Å². The van der Waals surface area contributed by atoms with Crippen LogP contribution in [0.25, 0.3) is 0 Å². The summed E-state index contributed by atoms with van der Waals surface area (Å²) in [6.45, 7) is 4.70. The lowest BCUT2D eigenvalue weighted by Crippen LogP contribution is -2.41. The molecule has 138 valence electrons. The summed E-state index contributed by atoms with van der Waals surface area (Å²) in [5.74, 6) is 0.612. The van der Waals surface area contributed by atoms with Gasteiger partial charge in [-0.25, -0.2) is 4.98 Å². The Morgan fingerprint density at radius 3 is 2.88 bits per heavy atom. The first-order valence-electron chi connectivity index (χ1n) is 8.47. The summed E-state index contributed by atoms with van der Waals surface area (Å²) in [7, 11) is 0. The summed E-state index contributed by atoms with van der Waals surface area (Å²) in [6.07, 6.45) is 5.51. The lowest BCUT2D eigenvalue weighted by atomic mass is 10.2. The minimum Gasteiger partial charge on any atom is -0.356 e. The number of carbonyl (C=O) groups is 1. The number of aliphatic imine (C=N–C) groups is 1. The Bertz CT molecular complexity index is 752. The van der Waals surface area contributed by atoms with E-state index in [4.69, 9.17) is 0 Å². The van der Waals surface area contributed by atoms with Gasteiger partial charge >= 0.3 is 0 Å². The number of hydrogen-bond acceptors (Lipinski definition) is 4. The molecular formula is C18H23IN6O. The van der Waals surface area contributed by atoms with Gasteiger partial charge in [-0.2, -0.15) is 0 Å². The molecule has 0 saturated carbocycles. The molecule has 0 atom stereocenters. The third-order valence-corrected chi connectivity index (χ3v) is 3.93. The molecule has 1 amide bonds. The van der Waals surface area contributed by atoms with Crippen LogP contribution in [-0.4, -0.2) is 48.0 Å². The molecule has 0 spiro atoms. The molecule has 3 rings (SSSR count). The summed E-state index contributed by atoms with van der Waals surface area (Å²) in [4.78, 5) is 26.7. The predicted molar refractivity (Wildman–Crippen MR) is 113 cm³/mol. The van der Waals surface area contributed by atoms with Gasteiger partial charge < -0.3 is 15.5 Å². The van der Waals surface area contributed by atoms with Crippen LogP contribution in [0.3, 0.4) is 0 Å². The molecule has 0 saturated heterocycles. The number of nitrogens with zero attached hydrogens (tertiary/aromatic N) is 4. The number of halogens is 1. The molecule has 0 bridgehead atoms. The summed E-state index contributed by atoms with van der Waals surface area (Å²) < 4.78 is 0. The molecule has 8 heteroatoms. The lowest BCUT2D eigenvalue weighted by Gasteiger charge is -2.22. The monoisotopic (exact) mass is 466 g/mol. The zero-order chi connectivity index (χ0) is 17.5. The molecule has 1 aliphatic rings. The van der Waals surface area contributed by atoms with E-state index in [0.29, 0.717) is 18.8 Å². The molecule has 2 heterocycles. The van der Waals surface area contributed by atoms with Crippen molar-refractivity contribution in [3.8, 4) is 0 Å². The number of anilines is 1. The van der Waals surface area contributed by atoms with Crippen molar-refractivity contribution >= 4 is 41.5 Å². The van der Waals surface area contributed by atoms with Gasteiger partial charge in [-0.3, -0.25) is 14.8 Å². The zero-order valence-electron chi connectivity index (χ0n) is 14.7. The van der Waals surface area contributed by atoms with Crippen LogP contribution in [0.15, 0.2) is 47.8 Å². The topological polar surface area (TPSA) is 82.5 Å². The number of amides is 1. The minimum absolute atomic E-state index is 0. The molecule has 1 aliphatic heterocycles. The van der Waals surface area contributed by atoms with Gasteiger partial charge in [0.2, 0.25) is 0 Å². The fourth-order valence-electron chi connectivity index (χ4n) is 2.79. The highest BCUT2D eigenvalue weighted by molar-refractivity contribution is 14.0. The van der Waals surface area contributed by atoms with Crippen LogP contribution in [0, 0.1) is 0 Å². The van der Waals surface area contributed by atoms with Gasteiger partial charge in [0.1, 0.15) is 5.69 Å². The van der Waals surface area contributed by atoms with Crippen LogP contribution in [-0.2, 0) is 6.42 Å². The second kappa shape index (κ2) is 10.0. The first kappa shape index (κ1) is 20.1. The van der Waals surface area contributed by atoms with E-state index in [1.807, 2.05) is 13.0 Å². The number of aromatic nitrogens is 2. The van der Waals surface area contributed by atoms with E-state index < -0.39 is 0 Å². The SMILES string of the molecule is CCNC(=NCCNC(=O)c1cnccn1)N1CCc2ccccc21.I. The Hall–Kier alpha value is -2.23. The van der Waals surface area contributed by atoms with Crippen LogP contribution in [0.4, 0.5) is 5.69 Å². The zero-order valence-corrected chi connectivity index (χ0v) is 17.0. The average Bonchev–Trinajstić information content (AvgIpc) is 3.09. The van der Waals surface area contributed by atoms with Crippen molar-refractivity contribution in [2.45, 2.75) is 13.3 Å². The van der Waals surface area contributed by atoms with Crippen LogP contribution in [0.5, 0.6) is 0 Å². The molecule has 2 N–H and O–H groups in total. The maximum absolute atomic E-state index is 11.9. The highest BCUT2D eigenvalue weighted by atomic mass is 127. The Morgan fingerprint density at radius 2 is 2.12 bits per heavy atom. The van der Waals surface area contributed by atoms with Gasteiger partial charge in [-0.15, -0.1) is 24.0 Å². The number of carbonyl (C=O) groups excluding carboxylic acids is 1. The van der Waals surface area contributed by atoms with Crippen molar-refractivity contribution < 1.29 is 4.79 Å². The van der Waals surface area contributed by atoms with Crippen LogP contribution >= 0.6 is 24.0 Å². The van der Waals surface area contributed by atoms with E-state index in [0.717, 1.165) is 25.5 Å². The number of rotatable bonds is 5. The molecule has 0 fully saturated rings. The van der Waals surface area contributed by atoms with E-state index >= 15 is 0 Å². The molecule has 0 radical (unpaired) electrons. The van der Waals surface area contributed by atoms with E-state index in [2.05, 4.69) is 48.7 Å². The van der Waals surface area contributed by atoms with Gasteiger partial charge in [-0.05, 0) is 25.0 Å². The molecule has 2 aromatic rings. The maximum atomic E-state index is 11.9. The second-order valence-corrected chi connectivity index (χ2v) is 5.61. The smallest absolute Gasteiger partial charge is 0.271 e. The van der Waals surface area contributed by atoms with Crippen molar-refractivity contribution in [1.82, 2.24) is 20.6 Å². The van der Waals surface area contributed by atoms with Crippen LogP contribution in [0.1, 0.15) is 23.0 Å². The van der Waals surface area contributed by atoms with Gasteiger partial charge in [0.05, 0.1) is 12.7 Å². The fraction of sp³-hybridized carbons (Fsp3) is 0.333. The largest absolute Gasteiger partial charge is 0.356 e. The Morgan fingerprint density at radius 1 is 1.27 bits per heavy atom. The van der Waals surface area contributed by atoms with Gasteiger partial charge in [-0.1, -0.05) is 18.2 Å². The number of guanidine groups is 1. The van der Waals surface area contributed by atoms with E-state index in [1.165, 1.54) is 29.8 Å². The number of fused-ring (bicyclic) bond motifs is 1. The van der Waals surface area contributed by atoms with E-state index in [1.54, 1.807) is 0 Å². The quantitative estimate of drug-likeness (QED) is 0.304. The van der Waals surface area contributed by atoms with Gasteiger partial charge in [0.25, 0.3) is 5.91 Å². The molecule has 1 aromatic carbocycles.